The van der Waals surface area contributed by atoms with Gasteiger partial charge in [-0.2, -0.15) is 0 Å². The second kappa shape index (κ2) is 42.1. The average Bonchev–Trinajstić information content (AvgIpc) is 3.36. The van der Waals surface area contributed by atoms with Gasteiger partial charge in [-0.25, -0.2) is 4.57 Å². The van der Waals surface area contributed by atoms with E-state index in [1.165, 1.54) is 83.5 Å². The number of nitrogens with two attached hydrogens (primary N) is 1. The zero-order valence-corrected chi connectivity index (χ0v) is 47.0. The van der Waals surface area contributed by atoms with Gasteiger partial charge in [-0.05, 0) is 25.7 Å². The van der Waals surface area contributed by atoms with Crippen molar-refractivity contribution in [3.8, 4) is 0 Å². The molecule has 2 rings (SSSR count). The van der Waals surface area contributed by atoms with Gasteiger partial charge in [0, 0.05) is 13.0 Å². The first kappa shape index (κ1) is 69.2. The summed E-state index contributed by atoms with van der Waals surface area (Å²) >= 11 is 0. The molecule has 11 N–H and O–H groups in total. The van der Waals surface area contributed by atoms with Gasteiger partial charge >= 0.3 is 13.8 Å². The lowest BCUT2D eigenvalue weighted by atomic mass is 9.95. The molecule has 12 atom stereocenters. The SMILES string of the molecule is CCCCCCCCCCCC(=O)O[C@H](CCCCCCCCCCC)CC(=O)NC1C(OCC2OC(OCCN)C(NC(=O)CC(O)CCCCCCCCCCC)C(O)C2O)OC(CO)C(OP(=O)(O)O)C1O. The number of carbonyl (C=O) groups excluding carboxylic acids is 3. The number of phosphoric ester groups is 1. The lowest BCUT2D eigenvalue weighted by molar-refractivity contribution is -0.302. The van der Waals surface area contributed by atoms with Crippen molar-refractivity contribution in [3.05, 3.63) is 0 Å². The molecule has 2 saturated heterocycles. The summed E-state index contributed by atoms with van der Waals surface area (Å²) in [6.45, 7) is 4.99. The third-order valence-corrected chi connectivity index (χ3v) is 14.7. The topological polar surface area (TPSA) is 315 Å². The molecule has 75 heavy (non-hydrogen) atoms. The zero-order chi connectivity index (χ0) is 55.3. The van der Waals surface area contributed by atoms with E-state index in [-0.39, 0.29) is 32.4 Å². The summed E-state index contributed by atoms with van der Waals surface area (Å²) in [7, 11) is -5.31. The highest BCUT2D eigenvalue weighted by Gasteiger charge is 2.51. The Morgan fingerprint density at radius 2 is 1.03 bits per heavy atom. The number of aliphatic hydroxyl groups is 5. The lowest BCUT2D eigenvalue weighted by Gasteiger charge is -2.45. The van der Waals surface area contributed by atoms with Crippen molar-refractivity contribution in [1.82, 2.24) is 10.6 Å². The molecule has 11 unspecified atom stereocenters. The molecule has 0 aromatic carbocycles. The molecule has 2 aliphatic heterocycles. The van der Waals surface area contributed by atoms with Crippen molar-refractivity contribution in [1.29, 1.82) is 0 Å². The van der Waals surface area contributed by atoms with E-state index in [2.05, 4.69) is 31.4 Å². The number of hydrogen-bond acceptors (Lipinski definition) is 16. The van der Waals surface area contributed by atoms with Crippen LogP contribution in [0, 0.1) is 0 Å². The van der Waals surface area contributed by atoms with E-state index in [0.717, 1.165) is 77.0 Å². The quantitative estimate of drug-likeness (QED) is 0.0171. The number of nitrogens with one attached hydrogen (secondary N) is 2. The predicted molar refractivity (Wildman–Crippen MR) is 285 cm³/mol. The Morgan fingerprint density at radius 3 is 1.52 bits per heavy atom. The molecule has 442 valence electrons. The Morgan fingerprint density at radius 1 is 0.587 bits per heavy atom. The van der Waals surface area contributed by atoms with Gasteiger partial charge in [-0.3, -0.25) is 18.9 Å². The summed E-state index contributed by atoms with van der Waals surface area (Å²) in [5.41, 5.74) is 5.70. The Bertz CT molecular complexity index is 1520. The van der Waals surface area contributed by atoms with Crippen LogP contribution in [-0.4, -0.2) is 153 Å². The van der Waals surface area contributed by atoms with Gasteiger partial charge in [-0.15, -0.1) is 0 Å². The third-order valence-electron chi connectivity index (χ3n) is 14.2. The zero-order valence-electron chi connectivity index (χ0n) is 46.1. The van der Waals surface area contributed by atoms with Gasteiger partial charge < -0.3 is 75.4 Å². The van der Waals surface area contributed by atoms with Crippen LogP contribution in [0.1, 0.15) is 226 Å². The van der Waals surface area contributed by atoms with Crippen molar-refractivity contribution >= 4 is 25.6 Å². The maximum absolute atomic E-state index is 13.9. The van der Waals surface area contributed by atoms with Crippen LogP contribution in [-0.2, 0) is 47.2 Å². The highest BCUT2D eigenvalue weighted by molar-refractivity contribution is 7.46. The van der Waals surface area contributed by atoms with Gasteiger partial charge in [0.05, 0.1) is 38.8 Å². The van der Waals surface area contributed by atoms with E-state index in [1.807, 2.05) is 0 Å². The number of unbranched alkanes of at least 4 members (excludes halogenated alkanes) is 24. The average molecular weight is 1100 g/mol. The molecule has 0 spiro atoms. The smallest absolute Gasteiger partial charge is 0.462 e. The van der Waals surface area contributed by atoms with E-state index < -0.39 is 112 Å². The van der Waals surface area contributed by atoms with Crippen LogP contribution in [0.25, 0.3) is 0 Å². The minimum absolute atomic E-state index is 0.0337. The second-order valence-corrected chi connectivity index (χ2v) is 22.2. The number of amides is 2. The second-order valence-electron chi connectivity index (χ2n) is 21.0. The Hall–Kier alpha value is -1.88. The molecule has 20 nitrogen and oxygen atoms in total. The first-order valence-corrected chi connectivity index (χ1v) is 30.7. The highest BCUT2D eigenvalue weighted by Crippen LogP contribution is 2.41. The summed E-state index contributed by atoms with van der Waals surface area (Å²) < 4.78 is 46.4. The monoisotopic (exact) mass is 1100 g/mol. The molecular weight excluding hydrogens is 994 g/mol. The van der Waals surface area contributed by atoms with Crippen molar-refractivity contribution in [3.63, 3.8) is 0 Å². The van der Waals surface area contributed by atoms with Gasteiger partial charge in [0.2, 0.25) is 11.8 Å². The predicted octanol–water partition coefficient (Wildman–Crippen LogP) is 6.77. The van der Waals surface area contributed by atoms with Crippen molar-refractivity contribution in [2.45, 2.75) is 300 Å². The molecule has 0 saturated carbocycles. The highest BCUT2D eigenvalue weighted by atomic mass is 31.2. The maximum Gasteiger partial charge on any atom is 0.470 e. The number of carbonyl (C=O) groups is 3. The molecule has 0 aromatic rings. The van der Waals surface area contributed by atoms with E-state index >= 15 is 0 Å². The molecule has 2 fully saturated rings. The Balaban J connectivity index is 2.17. The molecule has 0 aliphatic carbocycles. The number of ether oxygens (including phenoxy) is 5. The molecule has 2 aliphatic rings. The molecular formula is C54H104N3O17P. The number of phosphoric acid groups is 1. The maximum atomic E-state index is 13.9. The van der Waals surface area contributed by atoms with Crippen molar-refractivity contribution in [2.24, 2.45) is 5.73 Å². The third kappa shape index (κ3) is 30.9. The summed E-state index contributed by atoms with van der Waals surface area (Å²) in [5.74, 6) is -1.76. The minimum atomic E-state index is -5.31. The molecule has 0 bridgehead atoms. The number of rotatable bonds is 46. The first-order chi connectivity index (χ1) is 36.1. The van der Waals surface area contributed by atoms with Crippen LogP contribution in [0.4, 0.5) is 0 Å². The van der Waals surface area contributed by atoms with Crippen LogP contribution in [0.3, 0.4) is 0 Å². The van der Waals surface area contributed by atoms with E-state index in [9.17, 15) is 54.3 Å². The Labute approximate surface area is 449 Å². The fourth-order valence-electron chi connectivity index (χ4n) is 9.80. The summed E-state index contributed by atoms with van der Waals surface area (Å²) in [5, 5.41) is 60.4. The number of hydrogen-bond donors (Lipinski definition) is 10. The van der Waals surface area contributed by atoms with Crippen LogP contribution < -0.4 is 16.4 Å². The summed E-state index contributed by atoms with van der Waals surface area (Å²) in [6.07, 6.45) is 14.5. The molecule has 0 aromatic heterocycles. The largest absolute Gasteiger partial charge is 0.470 e. The van der Waals surface area contributed by atoms with Crippen LogP contribution in [0.5, 0.6) is 0 Å². The van der Waals surface area contributed by atoms with E-state index in [1.54, 1.807) is 0 Å². The van der Waals surface area contributed by atoms with Crippen LogP contribution in [0.15, 0.2) is 0 Å². The first-order valence-electron chi connectivity index (χ1n) is 29.2. The minimum Gasteiger partial charge on any atom is -0.462 e. The molecule has 0 radical (unpaired) electrons. The van der Waals surface area contributed by atoms with Gasteiger partial charge in [0.1, 0.15) is 54.8 Å². The van der Waals surface area contributed by atoms with E-state index in [0.29, 0.717) is 25.7 Å². The molecule has 2 heterocycles. The van der Waals surface area contributed by atoms with Crippen molar-refractivity contribution < 1.29 is 82.5 Å². The number of aliphatic hydroxyl groups excluding tert-OH is 5. The Kier molecular flexibility index (Phi) is 38.8. The van der Waals surface area contributed by atoms with Crippen LogP contribution in [0.2, 0.25) is 0 Å². The van der Waals surface area contributed by atoms with Crippen molar-refractivity contribution in [2.75, 3.05) is 26.4 Å². The molecule has 21 heteroatoms. The van der Waals surface area contributed by atoms with E-state index in [4.69, 9.17) is 33.9 Å². The fraction of sp³-hybridized carbons (Fsp3) is 0.944. The lowest BCUT2D eigenvalue weighted by Crippen LogP contribution is -2.67. The fourth-order valence-corrected chi connectivity index (χ4v) is 10.4. The molecule has 2 amide bonds. The van der Waals surface area contributed by atoms with Gasteiger partial charge in [-0.1, -0.05) is 181 Å². The van der Waals surface area contributed by atoms with Gasteiger partial charge in [0.25, 0.3) is 0 Å². The normalized spacial score (nSPS) is 24.9. The summed E-state index contributed by atoms with van der Waals surface area (Å²) in [4.78, 5) is 59.7. The standard InChI is InChI=1S/C54H104N3O17P/c1-4-7-10-13-16-19-22-25-28-31-40(59)36-44(60)56-47-50(64)49(63)43(73-53(47)69-35-34-55)39-70-54-48(51(65)52(42(38-58)72-54)74-75(66,67)68)57-45(61)37-41(32-29-26-23-20-17-14-11-8-5-2)71-46(62)33-30-27-24-21-18-15-12-9-6-3/h40-43,47-54,58-59,63-65H,4-39,55H2,1-3H3,(H,56,60)(H,57,61)(H2,66,67,68)/t40?,41-,42?,43?,47?,48?,49?,50?,51?,52?,53?,54?/m1/s1. The van der Waals surface area contributed by atoms with Gasteiger partial charge in [0.15, 0.2) is 12.6 Å². The van der Waals surface area contributed by atoms with Crippen LogP contribution >= 0.6 is 7.82 Å². The number of esters is 1. The summed E-state index contributed by atoms with van der Waals surface area (Å²) in [6, 6.07) is -2.92.